The molecular formula is C18H25ClN4O3. The number of urea groups is 1. The molecule has 26 heavy (non-hydrogen) atoms. The molecule has 0 unspecified atom stereocenters. The average molecular weight is 381 g/mol. The van der Waals surface area contributed by atoms with Crippen LogP contribution in [-0.4, -0.2) is 67.8 Å². The van der Waals surface area contributed by atoms with Gasteiger partial charge in [-0.2, -0.15) is 0 Å². The monoisotopic (exact) mass is 380 g/mol. The molecule has 2 saturated heterocycles. The number of unbranched alkanes of at least 4 members (excludes halogenated alkanes) is 1. The standard InChI is InChI=1S/C18H25ClN4O3/c19-15-4-3-14(13-16(15)23-7-5-17(25)20-18(23)26)22-10-8-21(9-11-22)6-1-2-12-24/h3-4,13,24H,1-2,5-12H2,(H,20,25,26). The number of imide groups is 1. The summed E-state index contributed by atoms with van der Waals surface area (Å²) in [6, 6.07) is 5.29. The first-order chi connectivity index (χ1) is 12.6. The smallest absolute Gasteiger partial charge is 0.328 e. The zero-order valence-corrected chi connectivity index (χ0v) is 15.5. The van der Waals surface area contributed by atoms with Crippen LogP contribution in [0.15, 0.2) is 18.2 Å². The Morgan fingerprint density at radius 3 is 2.54 bits per heavy atom. The summed E-state index contributed by atoms with van der Waals surface area (Å²) in [5.41, 5.74) is 1.67. The molecular weight excluding hydrogens is 356 g/mol. The Labute approximate surface area is 158 Å². The van der Waals surface area contributed by atoms with Crippen molar-refractivity contribution in [2.75, 3.05) is 55.7 Å². The van der Waals surface area contributed by atoms with Crippen LogP contribution in [0.25, 0.3) is 0 Å². The Morgan fingerprint density at radius 2 is 1.85 bits per heavy atom. The molecule has 0 bridgehead atoms. The highest BCUT2D eigenvalue weighted by molar-refractivity contribution is 6.34. The summed E-state index contributed by atoms with van der Waals surface area (Å²) < 4.78 is 0. The predicted molar refractivity (Wildman–Crippen MR) is 102 cm³/mol. The third-order valence-electron chi connectivity index (χ3n) is 4.89. The minimum Gasteiger partial charge on any atom is -0.396 e. The van der Waals surface area contributed by atoms with Gasteiger partial charge >= 0.3 is 6.03 Å². The highest BCUT2D eigenvalue weighted by Crippen LogP contribution is 2.32. The maximum Gasteiger partial charge on any atom is 0.328 e. The molecule has 3 rings (SSSR count). The van der Waals surface area contributed by atoms with E-state index in [0.717, 1.165) is 51.3 Å². The first-order valence-electron chi connectivity index (χ1n) is 9.07. The molecule has 7 nitrogen and oxygen atoms in total. The minimum atomic E-state index is -0.422. The van der Waals surface area contributed by atoms with Crippen molar-refractivity contribution in [3.8, 4) is 0 Å². The summed E-state index contributed by atoms with van der Waals surface area (Å²) in [5, 5.41) is 11.7. The summed E-state index contributed by atoms with van der Waals surface area (Å²) in [6.07, 6.45) is 2.14. The molecule has 2 heterocycles. The number of anilines is 2. The van der Waals surface area contributed by atoms with E-state index in [1.165, 1.54) is 4.90 Å². The Morgan fingerprint density at radius 1 is 1.08 bits per heavy atom. The van der Waals surface area contributed by atoms with Crippen LogP contribution in [0.5, 0.6) is 0 Å². The van der Waals surface area contributed by atoms with Gasteiger partial charge in [0.2, 0.25) is 5.91 Å². The first-order valence-corrected chi connectivity index (χ1v) is 9.45. The maximum absolute atomic E-state index is 12.1. The third kappa shape index (κ3) is 4.47. The van der Waals surface area contributed by atoms with Crippen molar-refractivity contribution in [2.24, 2.45) is 0 Å². The summed E-state index contributed by atoms with van der Waals surface area (Å²) >= 11 is 6.31. The van der Waals surface area contributed by atoms with E-state index in [-0.39, 0.29) is 18.9 Å². The Balaban J connectivity index is 1.65. The number of hydrogen-bond donors (Lipinski definition) is 2. The van der Waals surface area contributed by atoms with Crippen molar-refractivity contribution < 1.29 is 14.7 Å². The Kier molecular flexibility index (Phi) is 6.34. The molecule has 0 spiro atoms. The van der Waals surface area contributed by atoms with Crippen molar-refractivity contribution in [3.05, 3.63) is 23.2 Å². The Bertz CT molecular complexity index is 662. The van der Waals surface area contributed by atoms with E-state index < -0.39 is 6.03 Å². The number of halogens is 1. The van der Waals surface area contributed by atoms with Gasteiger partial charge in [0.25, 0.3) is 0 Å². The summed E-state index contributed by atoms with van der Waals surface area (Å²) in [7, 11) is 0. The van der Waals surface area contributed by atoms with Crippen molar-refractivity contribution >= 4 is 34.9 Å². The van der Waals surface area contributed by atoms with E-state index in [2.05, 4.69) is 15.1 Å². The quantitative estimate of drug-likeness (QED) is 0.734. The second-order valence-corrected chi connectivity index (χ2v) is 7.06. The molecule has 0 aromatic heterocycles. The lowest BCUT2D eigenvalue weighted by atomic mass is 10.2. The fraction of sp³-hybridized carbons (Fsp3) is 0.556. The lowest BCUT2D eigenvalue weighted by Crippen LogP contribution is -2.50. The number of nitrogens with zero attached hydrogens (tertiary/aromatic N) is 3. The molecule has 3 amide bonds. The number of piperazine rings is 1. The molecule has 0 atom stereocenters. The van der Waals surface area contributed by atoms with Crippen LogP contribution in [0, 0.1) is 0 Å². The van der Waals surface area contributed by atoms with Gasteiger partial charge < -0.3 is 10.0 Å². The van der Waals surface area contributed by atoms with E-state index in [1.807, 2.05) is 18.2 Å². The van der Waals surface area contributed by atoms with E-state index in [9.17, 15) is 9.59 Å². The predicted octanol–water partition coefficient (Wildman–Crippen LogP) is 1.68. The Hall–Kier alpha value is -1.83. The number of carbonyl (C=O) groups is 2. The van der Waals surface area contributed by atoms with Crippen LogP contribution >= 0.6 is 11.6 Å². The molecule has 142 valence electrons. The third-order valence-corrected chi connectivity index (χ3v) is 5.21. The summed E-state index contributed by atoms with van der Waals surface area (Å²) in [6.45, 7) is 5.37. The van der Waals surface area contributed by atoms with Gasteiger partial charge in [-0.3, -0.25) is 19.9 Å². The molecule has 2 aliphatic heterocycles. The van der Waals surface area contributed by atoms with Crippen molar-refractivity contribution in [1.82, 2.24) is 10.2 Å². The van der Waals surface area contributed by atoms with Crippen LogP contribution in [0.2, 0.25) is 5.02 Å². The number of hydrogen-bond acceptors (Lipinski definition) is 5. The van der Waals surface area contributed by atoms with E-state index in [4.69, 9.17) is 16.7 Å². The van der Waals surface area contributed by atoms with Gasteiger partial charge in [0.1, 0.15) is 0 Å². The zero-order chi connectivity index (χ0) is 18.5. The van der Waals surface area contributed by atoms with Crippen LogP contribution in [-0.2, 0) is 4.79 Å². The zero-order valence-electron chi connectivity index (χ0n) is 14.8. The van der Waals surface area contributed by atoms with Gasteiger partial charge in [-0.15, -0.1) is 0 Å². The molecule has 0 saturated carbocycles. The molecule has 0 radical (unpaired) electrons. The van der Waals surface area contributed by atoms with Crippen molar-refractivity contribution in [2.45, 2.75) is 19.3 Å². The lowest BCUT2D eigenvalue weighted by Gasteiger charge is -2.37. The fourth-order valence-corrected chi connectivity index (χ4v) is 3.60. The molecule has 8 heteroatoms. The average Bonchev–Trinajstić information content (AvgIpc) is 2.64. The molecule has 1 aromatic rings. The van der Waals surface area contributed by atoms with Gasteiger partial charge in [-0.25, -0.2) is 4.79 Å². The first kappa shape index (κ1) is 18.9. The second kappa shape index (κ2) is 8.70. The maximum atomic E-state index is 12.1. The number of carbonyl (C=O) groups excluding carboxylic acids is 2. The van der Waals surface area contributed by atoms with E-state index >= 15 is 0 Å². The largest absolute Gasteiger partial charge is 0.396 e. The minimum absolute atomic E-state index is 0.253. The van der Waals surface area contributed by atoms with Crippen LogP contribution in [0.4, 0.5) is 16.2 Å². The fourth-order valence-electron chi connectivity index (χ4n) is 3.38. The highest BCUT2D eigenvalue weighted by atomic mass is 35.5. The molecule has 0 aliphatic carbocycles. The summed E-state index contributed by atoms with van der Waals surface area (Å²) in [5.74, 6) is -0.254. The van der Waals surface area contributed by atoms with Gasteiger partial charge in [-0.1, -0.05) is 11.6 Å². The number of benzene rings is 1. The van der Waals surface area contributed by atoms with E-state index in [1.54, 1.807) is 0 Å². The van der Waals surface area contributed by atoms with Crippen molar-refractivity contribution in [3.63, 3.8) is 0 Å². The van der Waals surface area contributed by atoms with Crippen molar-refractivity contribution in [1.29, 1.82) is 0 Å². The van der Waals surface area contributed by atoms with Crippen LogP contribution < -0.4 is 15.1 Å². The lowest BCUT2D eigenvalue weighted by molar-refractivity contribution is -0.120. The van der Waals surface area contributed by atoms with Crippen LogP contribution in [0.1, 0.15) is 19.3 Å². The summed E-state index contributed by atoms with van der Waals surface area (Å²) in [4.78, 5) is 29.7. The second-order valence-electron chi connectivity index (χ2n) is 6.65. The highest BCUT2D eigenvalue weighted by Gasteiger charge is 2.26. The van der Waals surface area contributed by atoms with Gasteiger partial charge in [0.15, 0.2) is 0 Å². The van der Waals surface area contributed by atoms with Gasteiger partial charge in [0.05, 0.1) is 10.7 Å². The molecule has 2 fully saturated rings. The SMILES string of the molecule is O=C1CCN(c2cc(N3CCN(CCCCO)CC3)ccc2Cl)C(=O)N1. The normalized spacial score (nSPS) is 19.0. The molecule has 2 aliphatic rings. The number of aliphatic hydroxyl groups is 1. The number of amides is 3. The van der Waals surface area contributed by atoms with Gasteiger partial charge in [0, 0.05) is 51.4 Å². The van der Waals surface area contributed by atoms with E-state index in [0.29, 0.717) is 17.3 Å². The number of rotatable bonds is 6. The number of nitrogens with one attached hydrogen (secondary N) is 1. The molecule has 2 N–H and O–H groups in total. The van der Waals surface area contributed by atoms with Gasteiger partial charge in [-0.05, 0) is 37.6 Å². The van der Waals surface area contributed by atoms with Crippen LogP contribution in [0.3, 0.4) is 0 Å². The number of aliphatic hydroxyl groups excluding tert-OH is 1. The molecule has 1 aromatic carbocycles. The topological polar surface area (TPSA) is 76.1 Å².